The number of carbonyl (C=O) groups excluding carboxylic acids is 1. The predicted octanol–water partition coefficient (Wildman–Crippen LogP) is 2.62. The third-order valence-electron chi connectivity index (χ3n) is 3.34. The van der Waals surface area contributed by atoms with Gasteiger partial charge >= 0.3 is 5.97 Å². The van der Waals surface area contributed by atoms with Crippen molar-refractivity contribution >= 4 is 27.6 Å². The van der Waals surface area contributed by atoms with Crippen molar-refractivity contribution in [1.29, 1.82) is 0 Å². The van der Waals surface area contributed by atoms with Gasteiger partial charge in [-0.15, -0.1) is 0 Å². The van der Waals surface area contributed by atoms with E-state index in [1.165, 1.54) is 6.92 Å². The molecular formula is C16H13NO3. The molecule has 0 bridgehead atoms. The van der Waals surface area contributed by atoms with Crippen LogP contribution in [0.25, 0.3) is 21.7 Å². The first-order valence-electron chi connectivity index (χ1n) is 6.28. The molecule has 0 fully saturated rings. The first-order valence-corrected chi connectivity index (χ1v) is 6.28. The number of hydrogen-bond donors (Lipinski definition) is 0. The second-order valence-corrected chi connectivity index (χ2v) is 4.68. The molecule has 4 nitrogen and oxygen atoms in total. The topological polar surface area (TPSA) is 48.3 Å². The van der Waals surface area contributed by atoms with Crippen molar-refractivity contribution in [2.75, 3.05) is 0 Å². The maximum Gasteiger partial charge on any atom is 0.308 e. The predicted molar refractivity (Wildman–Crippen MR) is 78.0 cm³/mol. The summed E-state index contributed by atoms with van der Waals surface area (Å²) in [5.41, 5.74) is 0.776. The molecule has 0 aliphatic rings. The third kappa shape index (κ3) is 1.86. The number of aromatic nitrogens is 1. The van der Waals surface area contributed by atoms with E-state index in [2.05, 4.69) is 0 Å². The molecule has 0 unspecified atom stereocenters. The van der Waals surface area contributed by atoms with Crippen molar-refractivity contribution in [3.05, 3.63) is 52.8 Å². The Morgan fingerprint density at radius 3 is 2.55 bits per heavy atom. The van der Waals surface area contributed by atoms with Crippen LogP contribution < -0.4 is 10.3 Å². The van der Waals surface area contributed by atoms with Crippen LogP contribution in [0.5, 0.6) is 5.75 Å². The van der Waals surface area contributed by atoms with E-state index in [1.54, 1.807) is 23.7 Å². The van der Waals surface area contributed by atoms with Gasteiger partial charge in [0.25, 0.3) is 5.56 Å². The van der Waals surface area contributed by atoms with E-state index in [9.17, 15) is 9.59 Å². The summed E-state index contributed by atoms with van der Waals surface area (Å²) in [5, 5.41) is 2.41. The number of rotatable bonds is 1. The number of pyridine rings is 1. The molecule has 1 aromatic heterocycles. The highest BCUT2D eigenvalue weighted by molar-refractivity contribution is 6.05. The van der Waals surface area contributed by atoms with Crippen LogP contribution in [0, 0.1) is 0 Å². The highest BCUT2D eigenvalue weighted by atomic mass is 16.5. The largest absolute Gasteiger partial charge is 0.427 e. The fourth-order valence-electron chi connectivity index (χ4n) is 2.45. The highest BCUT2D eigenvalue weighted by Gasteiger charge is 2.09. The molecule has 0 aliphatic heterocycles. The van der Waals surface area contributed by atoms with Gasteiger partial charge in [-0.1, -0.05) is 18.2 Å². The second kappa shape index (κ2) is 4.49. The molecule has 0 radical (unpaired) electrons. The van der Waals surface area contributed by atoms with Crippen LogP contribution in [0.3, 0.4) is 0 Å². The standard InChI is InChI=1S/C16H13NO3/c1-10(18)20-11-7-8-12-13-5-3-4-6-15(13)17(2)16(19)14(12)9-11/h3-9H,1-2H3. The van der Waals surface area contributed by atoms with Gasteiger partial charge in [0.15, 0.2) is 0 Å². The monoisotopic (exact) mass is 267 g/mol. The number of benzene rings is 2. The van der Waals surface area contributed by atoms with E-state index in [0.29, 0.717) is 11.1 Å². The zero-order valence-corrected chi connectivity index (χ0v) is 11.2. The summed E-state index contributed by atoms with van der Waals surface area (Å²) in [4.78, 5) is 23.4. The minimum absolute atomic E-state index is 0.104. The Morgan fingerprint density at radius 2 is 1.80 bits per heavy atom. The van der Waals surface area contributed by atoms with Crippen LogP contribution in [0.4, 0.5) is 0 Å². The molecule has 0 amide bonds. The SMILES string of the molecule is CC(=O)Oc1ccc2c(c1)c(=O)n(C)c1ccccc21. The maximum absolute atomic E-state index is 12.4. The average Bonchev–Trinajstić information content (AvgIpc) is 2.44. The Kier molecular flexibility index (Phi) is 2.79. The summed E-state index contributed by atoms with van der Waals surface area (Å²) < 4.78 is 6.65. The van der Waals surface area contributed by atoms with Crippen LogP contribution in [0.1, 0.15) is 6.92 Å². The Morgan fingerprint density at radius 1 is 1.05 bits per heavy atom. The molecule has 0 spiro atoms. The van der Waals surface area contributed by atoms with Crippen molar-refractivity contribution in [2.24, 2.45) is 7.05 Å². The lowest BCUT2D eigenvalue weighted by molar-refractivity contribution is -0.131. The van der Waals surface area contributed by atoms with Crippen LogP contribution in [0.2, 0.25) is 0 Å². The summed E-state index contributed by atoms with van der Waals surface area (Å²) in [6.45, 7) is 1.34. The second-order valence-electron chi connectivity index (χ2n) is 4.68. The van der Waals surface area contributed by atoms with E-state index in [4.69, 9.17) is 4.74 Å². The van der Waals surface area contributed by atoms with Gasteiger partial charge in [0, 0.05) is 19.4 Å². The number of carbonyl (C=O) groups is 1. The highest BCUT2D eigenvalue weighted by Crippen LogP contribution is 2.25. The number of ether oxygens (including phenoxy) is 1. The number of esters is 1. The van der Waals surface area contributed by atoms with Crippen molar-refractivity contribution in [1.82, 2.24) is 4.57 Å². The summed E-state index contributed by atoms with van der Waals surface area (Å²) in [6.07, 6.45) is 0. The van der Waals surface area contributed by atoms with E-state index in [0.717, 1.165) is 16.3 Å². The lowest BCUT2D eigenvalue weighted by atomic mass is 10.1. The van der Waals surface area contributed by atoms with Gasteiger partial charge in [0.05, 0.1) is 10.9 Å². The Bertz CT molecular complexity index is 893. The minimum atomic E-state index is -0.401. The van der Waals surface area contributed by atoms with Gasteiger partial charge in [0.1, 0.15) is 5.75 Å². The summed E-state index contributed by atoms with van der Waals surface area (Å²) in [5.74, 6) is -0.0145. The number of hydrogen-bond acceptors (Lipinski definition) is 3. The molecule has 0 N–H and O–H groups in total. The first-order chi connectivity index (χ1) is 9.58. The molecule has 0 saturated heterocycles. The third-order valence-corrected chi connectivity index (χ3v) is 3.34. The molecule has 3 rings (SSSR count). The van der Waals surface area contributed by atoms with Crippen molar-refractivity contribution in [2.45, 2.75) is 6.92 Å². The van der Waals surface area contributed by atoms with Crippen LogP contribution in [-0.2, 0) is 11.8 Å². The smallest absolute Gasteiger partial charge is 0.308 e. The first kappa shape index (κ1) is 12.4. The van der Waals surface area contributed by atoms with E-state index in [-0.39, 0.29) is 5.56 Å². The zero-order chi connectivity index (χ0) is 14.3. The fourth-order valence-corrected chi connectivity index (χ4v) is 2.45. The van der Waals surface area contributed by atoms with Gasteiger partial charge in [-0.3, -0.25) is 9.59 Å². The van der Waals surface area contributed by atoms with Gasteiger partial charge in [-0.25, -0.2) is 0 Å². The average molecular weight is 267 g/mol. The molecule has 4 heteroatoms. The van der Waals surface area contributed by atoms with Gasteiger partial charge in [-0.2, -0.15) is 0 Å². The normalized spacial score (nSPS) is 10.9. The molecule has 0 atom stereocenters. The number of para-hydroxylation sites is 1. The minimum Gasteiger partial charge on any atom is -0.427 e. The summed E-state index contributed by atoms with van der Waals surface area (Å²) in [6, 6.07) is 12.9. The quantitative estimate of drug-likeness (QED) is 0.387. The van der Waals surface area contributed by atoms with Gasteiger partial charge in [0.2, 0.25) is 0 Å². The van der Waals surface area contributed by atoms with Gasteiger partial charge in [-0.05, 0) is 29.7 Å². The van der Waals surface area contributed by atoms with Gasteiger partial charge < -0.3 is 9.30 Å². The van der Waals surface area contributed by atoms with E-state index >= 15 is 0 Å². The summed E-state index contributed by atoms with van der Waals surface area (Å²) in [7, 11) is 1.74. The van der Waals surface area contributed by atoms with E-state index in [1.807, 2.05) is 30.3 Å². The Balaban J connectivity index is 2.42. The summed E-state index contributed by atoms with van der Waals surface area (Å²) >= 11 is 0. The number of aryl methyl sites for hydroxylation is 1. The molecule has 0 aliphatic carbocycles. The Labute approximate surface area is 115 Å². The maximum atomic E-state index is 12.4. The molecular weight excluding hydrogens is 254 g/mol. The molecule has 1 heterocycles. The fraction of sp³-hybridized carbons (Fsp3) is 0.125. The molecule has 100 valence electrons. The zero-order valence-electron chi connectivity index (χ0n) is 11.2. The van der Waals surface area contributed by atoms with Crippen molar-refractivity contribution in [3.8, 4) is 5.75 Å². The van der Waals surface area contributed by atoms with Crippen molar-refractivity contribution in [3.63, 3.8) is 0 Å². The number of fused-ring (bicyclic) bond motifs is 3. The molecule has 20 heavy (non-hydrogen) atoms. The van der Waals surface area contributed by atoms with Crippen molar-refractivity contribution < 1.29 is 9.53 Å². The van der Waals surface area contributed by atoms with Crippen LogP contribution >= 0.6 is 0 Å². The Hall–Kier alpha value is -2.62. The van der Waals surface area contributed by atoms with Crippen LogP contribution in [-0.4, -0.2) is 10.5 Å². The molecule has 3 aromatic rings. The number of nitrogens with zero attached hydrogens (tertiary/aromatic N) is 1. The van der Waals surface area contributed by atoms with Crippen LogP contribution in [0.15, 0.2) is 47.3 Å². The molecule has 0 saturated carbocycles. The lowest BCUT2D eigenvalue weighted by Gasteiger charge is -2.10. The van der Waals surface area contributed by atoms with E-state index < -0.39 is 5.97 Å². The lowest BCUT2D eigenvalue weighted by Crippen LogP contribution is -2.17. The molecule has 2 aromatic carbocycles.